The summed E-state index contributed by atoms with van der Waals surface area (Å²) >= 11 is 0. The molecule has 8 rings (SSSR count). The average Bonchev–Trinajstić information content (AvgIpc) is 3.77. The van der Waals surface area contributed by atoms with Crippen LogP contribution >= 0.6 is 0 Å². The van der Waals surface area contributed by atoms with E-state index in [2.05, 4.69) is 27.5 Å². The van der Waals surface area contributed by atoms with Gasteiger partial charge < -0.3 is 15.2 Å². The first kappa shape index (κ1) is 32.2. The standard InChI is InChI=1S/C36H41N5O7S/c1-21(2)35(38-32(42)24-17-26-25-12-8-13-27-31(25)23(19-37-27)18-28(26)39(3)20-24)34(44)41-29(16-22-10-6-5-7-11-22)33(43)40-15-9-14-30(40)36(41,47-35)48-49(4,45)46/h5-8,10-13,17,19,21,24,28-30,37H,9,14-16,18,20H2,1-4H3,(H,38,42)/t24-,28-,29+,30+,35-,36-/m1/s1. The lowest BCUT2D eigenvalue weighted by Crippen LogP contribution is -2.72. The number of aromatic nitrogens is 1. The van der Waals surface area contributed by atoms with E-state index in [1.807, 2.05) is 55.6 Å². The maximum absolute atomic E-state index is 15.0. The Balaban J connectivity index is 1.20. The van der Waals surface area contributed by atoms with Crippen LogP contribution in [-0.2, 0) is 46.3 Å². The van der Waals surface area contributed by atoms with E-state index in [1.165, 1.54) is 10.5 Å². The summed E-state index contributed by atoms with van der Waals surface area (Å²) in [6, 6.07) is 13.4. The largest absolute Gasteiger partial charge is 0.361 e. The van der Waals surface area contributed by atoms with Crippen molar-refractivity contribution >= 4 is 44.3 Å². The minimum Gasteiger partial charge on any atom is -0.361 e. The number of H-pyrrole nitrogens is 1. The third-order valence-corrected chi connectivity index (χ3v) is 11.5. The molecular formula is C36H41N5O7S. The Morgan fingerprint density at radius 3 is 2.65 bits per heavy atom. The molecule has 2 N–H and O–H groups in total. The number of amides is 3. The number of nitrogens with one attached hydrogen (secondary N) is 2. The lowest BCUT2D eigenvalue weighted by molar-refractivity contribution is -0.304. The number of piperazine rings is 1. The number of benzene rings is 2. The summed E-state index contributed by atoms with van der Waals surface area (Å²) in [7, 11) is -2.24. The summed E-state index contributed by atoms with van der Waals surface area (Å²) in [5, 5.41) is 4.13. The van der Waals surface area contributed by atoms with E-state index in [-0.39, 0.29) is 18.4 Å². The second-order valence-electron chi connectivity index (χ2n) is 14.4. The molecule has 258 valence electrons. The molecule has 4 aliphatic heterocycles. The normalized spacial score (nSPS) is 31.2. The number of nitrogens with zero attached hydrogens (tertiary/aromatic N) is 3. The van der Waals surface area contributed by atoms with Gasteiger partial charge in [0, 0.05) is 48.6 Å². The summed E-state index contributed by atoms with van der Waals surface area (Å²) in [6.07, 6.45) is 6.81. The Morgan fingerprint density at radius 2 is 1.92 bits per heavy atom. The number of ether oxygens (including phenoxy) is 1. The van der Waals surface area contributed by atoms with Crippen LogP contribution in [0.5, 0.6) is 0 Å². The maximum atomic E-state index is 15.0. The number of likely N-dealkylation sites (N-methyl/N-ethyl adjacent to an activating group) is 1. The third kappa shape index (κ3) is 4.88. The lowest BCUT2D eigenvalue weighted by atomic mass is 9.79. The SMILES string of the molecule is CC(C)[C@@]1(NC(=O)[C@@H]2C=C3c4cccc5[nH]cc(c45)C[C@H]3N(C)C2)O[C@@]2(OS(C)(=O)=O)[C@@H]3CCCN3C(=O)[C@H](Cc3ccccc3)N2C1=O. The van der Waals surface area contributed by atoms with Crippen molar-refractivity contribution in [1.82, 2.24) is 25.0 Å². The molecule has 0 spiro atoms. The monoisotopic (exact) mass is 687 g/mol. The zero-order valence-electron chi connectivity index (χ0n) is 28.0. The highest BCUT2D eigenvalue weighted by atomic mass is 32.2. The highest BCUT2D eigenvalue weighted by molar-refractivity contribution is 7.86. The van der Waals surface area contributed by atoms with Crippen molar-refractivity contribution < 1.29 is 31.7 Å². The first-order valence-corrected chi connectivity index (χ1v) is 18.8. The smallest absolute Gasteiger partial charge is 0.294 e. The molecule has 6 atom stereocenters. The molecule has 3 amide bonds. The van der Waals surface area contributed by atoms with Crippen LogP contribution in [0, 0.1) is 11.8 Å². The number of hydrogen-bond acceptors (Lipinski definition) is 8. The average molecular weight is 688 g/mol. The van der Waals surface area contributed by atoms with Gasteiger partial charge in [-0.15, -0.1) is 0 Å². The van der Waals surface area contributed by atoms with E-state index in [4.69, 9.17) is 8.92 Å². The van der Waals surface area contributed by atoms with E-state index in [1.54, 1.807) is 18.7 Å². The van der Waals surface area contributed by atoms with Gasteiger partial charge in [-0.3, -0.25) is 28.9 Å². The van der Waals surface area contributed by atoms with E-state index < -0.39 is 57.5 Å². The number of fused-ring (bicyclic) bond motifs is 5. The van der Waals surface area contributed by atoms with Crippen molar-refractivity contribution in [1.29, 1.82) is 0 Å². The van der Waals surface area contributed by atoms with Crippen LogP contribution in [0.1, 0.15) is 43.4 Å². The Morgan fingerprint density at radius 1 is 1.14 bits per heavy atom. The van der Waals surface area contributed by atoms with E-state index >= 15 is 0 Å². The van der Waals surface area contributed by atoms with Gasteiger partial charge in [-0.25, -0.2) is 4.18 Å². The van der Waals surface area contributed by atoms with Crippen LogP contribution in [-0.4, -0.2) is 102 Å². The lowest BCUT2D eigenvalue weighted by Gasteiger charge is -2.50. The van der Waals surface area contributed by atoms with Gasteiger partial charge in [0.1, 0.15) is 12.1 Å². The van der Waals surface area contributed by atoms with E-state index in [0.29, 0.717) is 25.9 Å². The molecule has 0 saturated carbocycles. The predicted octanol–water partition coefficient (Wildman–Crippen LogP) is 2.61. The second kappa shape index (κ2) is 11.2. The number of aromatic amines is 1. The molecule has 12 nitrogen and oxygen atoms in total. The van der Waals surface area contributed by atoms with Crippen molar-refractivity contribution in [3.05, 3.63) is 77.5 Å². The van der Waals surface area contributed by atoms with E-state index in [9.17, 15) is 22.8 Å². The number of hydrogen-bond donors (Lipinski definition) is 2. The number of rotatable bonds is 7. The fraction of sp³-hybridized carbons (Fsp3) is 0.472. The minimum atomic E-state index is -4.24. The fourth-order valence-electron chi connectivity index (χ4n) is 8.77. The van der Waals surface area contributed by atoms with Gasteiger partial charge in [-0.05, 0) is 54.6 Å². The van der Waals surface area contributed by atoms with Gasteiger partial charge in [0.15, 0.2) is 0 Å². The van der Waals surface area contributed by atoms with E-state index in [0.717, 1.165) is 40.3 Å². The summed E-state index contributed by atoms with van der Waals surface area (Å²) < 4.78 is 38.6. The van der Waals surface area contributed by atoms with Gasteiger partial charge in [-0.2, -0.15) is 8.42 Å². The van der Waals surface area contributed by atoms with Crippen molar-refractivity contribution in [3.8, 4) is 0 Å². The molecule has 49 heavy (non-hydrogen) atoms. The van der Waals surface area contributed by atoms with Crippen LogP contribution < -0.4 is 5.32 Å². The zero-order valence-corrected chi connectivity index (χ0v) is 28.8. The van der Waals surface area contributed by atoms with Gasteiger partial charge in [0.05, 0.1) is 12.2 Å². The predicted molar refractivity (Wildman–Crippen MR) is 181 cm³/mol. The van der Waals surface area contributed by atoms with Crippen molar-refractivity contribution in [2.24, 2.45) is 11.8 Å². The molecular weight excluding hydrogens is 646 g/mol. The molecule has 13 heteroatoms. The maximum Gasteiger partial charge on any atom is 0.294 e. The second-order valence-corrected chi connectivity index (χ2v) is 16.0. The molecule has 2 aromatic carbocycles. The molecule has 0 unspecified atom stereocenters. The minimum absolute atomic E-state index is 0.0832. The summed E-state index contributed by atoms with van der Waals surface area (Å²) in [6.45, 7) is 4.25. The van der Waals surface area contributed by atoms with Gasteiger partial charge >= 0.3 is 0 Å². The van der Waals surface area contributed by atoms with Gasteiger partial charge in [0.2, 0.25) is 17.5 Å². The first-order valence-electron chi connectivity index (χ1n) is 17.0. The summed E-state index contributed by atoms with van der Waals surface area (Å²) in [4.78, 5) is 51.9. The third-order valence-electron chi connectivity index (χ3n) is 11.0. The fourth-order valence-corrected chi connectivity index (χ4v) is 9.43. The van der Waals surface area contributed by atoms with Crippen LogP contribution in [0.4, 0.5) is 0 Å². The highest BCUT2D eigenvalue weighted by Crippen LogP contribution is 2.50. The molecule has 1 aliphatic carbocycles. The van der Waals surface area contributed by atoms with Gasteiger partial charge in [0.25, 0.3) is 21.9 Å². The molecule has 5 aliphatic rings. The quantitative estimate of drug-likeness (QED) is 0.362. The molecule has 3 aromatic rings. The summed E-state index contributed by atoms with van der Waals surface area (Å²) in [5.74, 6) is -4.91. The van der Waals surface area contributed by atoms with Crippen molar-refractivity contribution in [3.63, 3.8) is 0 Å². The van der Waals surface area contributed by atoms with Crippen LogP contribution in [0.2, 0.25) is 0 Å². The first-order chi connectivity index (χ1) is 23.3. The highest BCUT2D eigenvalue weighted by Gasteiger charge is 2.74. The van der Waals surface area contributed by atoms with Crippen LogP contribution in [0.15, 0.2) is 60.8 Å². The van der Waals surface area contributed by atoms with Crippen molar-refractivity contribution in [2.45, 2.75) is 69.3 Å². The Kier molecular flexibility index (Phi) is 7.38. The van der Waals surface area contributed by atoms with Crippen LogP contribution in [0.3, 0.4) is 0 Å². The summed E-state index contributed by atoms with van der Waals surface area (Å²) in [5.41, 5.74) is 3.17. The molecule has 3 fully saturated rings. The zero-order chi connectivity index (χ0) is 34.5. The molecule has 1 aromatic heterocycles. The molecule has 3 saturated heterocycles. The molecule has 0 bridgehead atoms. The topological polar surface area (TPSA) is 141 Å². The Hall–Kier alpha value is -4.04. The molecule has 0 radical (unpaired) electrons. The van der Waals surface area contributed by atoms with Crippen molar-refractivity contribution in [2.75, 3.05) is 26.4 Å². The molecule has 5 heterocycles. The Labute approximate surface area is 285 Å². The number of carbonyl (C=O) groups is 3. The Bertz CT molecular complexity index is 2010. The van der Waals surface area contributed by atoms with Gasteiger partial charge in [-0.1, -0.05) is 62.4 Å². The van der Waals surface area contributed by atoms with Crippen LogP contribution in [0.25, 0.3) is 16.5 Å². The number of carbonyl (C=O) groups excluding carboxylic acids is 3.